The van der Waals surface area contributed by atoms with Crippen LogP contribution >= 0.6 is 0 Å². The number of ether oxygens (including phenoxy) is 1. The maximum Gasteiger partial charge on any atom is 0.323 e. The number of hydrogen-bond donors (Lipinski definition) is 3. The lowest BCUT2D eigenvalue weighted by Crippen LogP contribution is -2.39. The van der Waals surface area contributed by atoms with Crippen molar-refractivity contribution in [2.45, 2.75) is 20.8 Å². The summed E-state index contributed by atoms with van der Waals surface area (Å²) in [6.07, 6.45) is 0. The number of nitrogens with zero attached hydrogens (tertiary/aromatic N) is 3. The molecule has 0 atom stereocenters. The van der Waals surface area contributed by atoms with Gasteiger partial charge in [0.15, 0.2) is 0 Å². The first kappa shape index (κ1) is 14.9. The highest BCUT2D eigenvalue weighted by Gasteiger charge is 2.26. The predicted molar refractivity (Wildman–Crippen MR) is 71.7 cm³/mol. The van der Waals surface area contributed by atoms with E-state index >= 15 is 0 Å². The van der Waals surface area contributed by atoms with Crippen LogP contribution in [0.25, 0.3) is 0 Å². The van der Waals surface area contributed by atoms with E-state index in [0.717, 1.165) is 0 Å². The Morgan fingerprint density at radius 1 is 1.37 bits per heavy atom. The number of aromatic nitrogens is 3. The molecule has 0 aliphatic rings. The number of carbonyl (C=O) groups excluding carboxylic acids is 1. The Hall–Kier alpha value is -2.12. The lowest BCUT2D eigenvalue weighted by Gasteiger charge is -2.22. The molecule has 1 aromatic heterocycles. The molecule has 0 saturated carbocycles. The maximum atomic E-state index is 11.6. The van der Waals surface area contributed by atoms with Crippen LogP contribution < -0.4 is 21.1 Å². The van der Waals surface area contributed by atoms with Gasteiger partial charge in [-0.1, -0.05) is 0 Å². The highest BCUT2D eigenvalue weighted by molar-refractivity contribution is 5.82. The molecule has 0 aliphatic heterocycles. The molecule has 1 aromatic rings. The third-order valence-corrected chi connectivity index (χ3v) is 2.44. The summed E-state index contributed by atoms with van der Waals surface area (Å²) in [7, 11) is 1.60. The maximum absolute atomic E-state index is 11.6. The van der Waals surface area contributed by atoms with E-state index in [4.69, 9.17) is 10.5 Å². The average Bonchev–Trinajstić information content (AvgIpc) is 2.35. The van der Waals surface area contributed by atoms with E-state index in [1.807, 2.05) is 20.8 Å². The molecule has 0 saturated heterocycles. The van der Waals surface area contributed by atoms with Crippen LogP contribution in [-0.2, 0) is 4.79 Å². The number of nitrogens with two attached hydrogens (primary N) is 1. The van der Waals surface area contributed by atoms with Crippen LogP contribution in [0, 0.1) is 5.41 Å². The van der Waals surface area contributed by atoms with Crippen molar-refractivity contribution < 1.29 is 9.53 Å². The van der Waals surface area contributed by atoms with Gasteiger partial charge < -0.3 is 21.1 Å². The molecule has 8 heteroatoms. The lowest BCUT2D eigenvalue weighted by molar-refractivity contribution is -0.128. The minimum atomic E-state index is -0.595. The van der Waals surface area contributed by atoms with Gasteiger partial charge in [-0.05, 0) is 20.8 Å². The number of anilines is 2. The molecule has 0 aromatic carbocycles. The fourth-order valence-electron chi connectivity index (χ4n) is 1.36. The second kappa shape index (κ2) is 6.17. The number of nitrogens with one attached hydrogen (secondary N) is 2. The Bertz CT molecular complexity index is 449. The van der Waals surface area contributed by atoms with E-state index in [2.05, 4.69) is 25.6 Å². The Morgan fingerprint density at radius 3 is 2.63 bits per heavy atom. The Kier molecular flexibility index (Phi) is 4.85. The molecule has 1 amide bonds. The second-order valence-corrected chi connectivity index (χ2v) is 4.55. The van der Waals surface area contributed by atoms with E-state index in [1.165, 1.54) is 0 Å². The van der Waals surface area contributed by atoms with Crippen LogP contribution in [0.4, 0.5) is 11.9 Å². The van der Waals surface area contributed by atoms with Gasteiger partial charge in [-0.15, -0.1) is 0 Å². The number of rotatable bonds is 6. The molecule has 0 fully saturated rings. The molecule has 1 rings (SSSR count). The van der Waals surface area contributed by atoms with E-state index < -0.39 is 5.41 Å². The molecular formula is C11H20N6O2. The molecule has 0 aliphatic carbocycles. The van der Waals surface area contributed by atoms with E-state index in [1.54, 1.807) is 7.05 Å². The predicted octanol–water partition coefficient (Wildman–Crippen LogP) is 0.0366. The number of nitrogen functional groups attached to an aromatic ring is 1. The van der Waals surface area contributed by atoms with Crippen LogP contribution in [-0.4, -0.2) is 41.1 Å². The van der Waals surface area contributed by atoms with E-state index in [9.17, 15) is 4.79 Å². The van der Waals surface area contributed by atoms with Crippen LogP contribution in [0.15, 0.2) is 0 Å². The van der Waals surface area contributed by atoms with Crippen LogP contribution in [0.1, 0.15) is 20.8 Å². The van der Waals surface area contributed by atoms with Crippen molar-refractivity contribution in [2.24, 2.45) is 5.41 Å². The van der Waals surface area contributed by atoms with Crippen molar-refractivity contribution in [1.29, 1.82) is 0 Å². The molecule has 19 heavy (non-hydrogen) atoms. The van der Waals surface area contributed by atoms with Gasteiger partial charge in [-0.2, -0.15) is 15.0 Å². The first-order valence-electron chi connectivity index (χ1n) is 5.99. The quantitative estimate of drug-likeness (QED) is 0.667. The largest absolute Gasteiger partial charge is 0.464 e. The van der Waals surface area contributed by atoms with Crippen molar-refractivity contribution >= 4 is 17.8 Å². The third kappa shape index (κ3) is 4.23. The first-order valence-corrected chi connectivity index (χ1v) is 5.99. The van der Waals surface area contributed by atoms with Crippen LogP contribution in [0.2, 0.25) is 0 Å². The molecular weight excluding hydrogens is 248 g/mol. The van der Waals surface area contributed by atoms with E-state index in [0.29, 0.717) is 13.2 Å². The minimum Gasteiger partial charge on any atom is -0.464 e. The van der Waals surface area contributed by atoms with Gasteiger partial charge in [0.2, 0.25) is 17.8 Å². The SMILES string of the molecule is CCOc1nc(N)nc(NCC(C)(C)C(=O)NC)n1. The zero-order valence-electron chi connectivity index (χ0n) is 11.6. The van der Waals surface area contributed by atoms with Gasteiger partial charge in [0.05, 0.1) is 12.0 Å². The Labute approximate surface area is 112 Å². The number of hydrogen-bond acceptors (Lipinski definition) is 7. The average molecular weight is 268 g/mol. The normalized spacial score (nSPS) is 10.9. The number of carbonyl (C=O) groups is 1. The summed E-state index contributed by atoms with van der Waals surface area (Å²) in [6, 6.07) is 0.162. The van der Waals surface area contributed by atoms with Crippen molar-refractivity contribution in [1.82, 2.24) is 20.3 Å². The summed E-state index contributed by atoms with van der Waals surface area (Å²) in [4.78, 5) is 23.5. The zero-order chi connectivity index (χ0) is 14.5. The Balaban J connectivity index is 2.74. The van der Waals surface area contributed by atoms with Crippen molar-refractivity contribution in [2.75, 3.05) is 31.2 Å². The van der Waals surface area contributed by atoms with Crippen LogP contribution in [0.3, 0.4) is 0 Å². The van der Waals surface area contributed by atoms with Gasteiger partial charge in [-0.25, -0.2) is 0 Å². The standard InChI is InChI=1S/C11H20N6O2/c1-5-19-10-16-8(12)15-9(17-10)14-6-11(2,3)7(18)13-4/h5-6H2,1-4H3,(H,13,18)(H3,12,14,15,16,17). The summed E-state index contributed by atoms with van der Waals surface area (Å²) in [5, 5.41) is 5.56. The smallest absolute Gasteiger partial charge is 0.323 e. The first-order chi connectivity index (χ1) is 8.89. The molecule has 8 nitrogen and oxygen atoms in total. The van der Waals surface area contributed by atoms with Crippen molar-refractivity contribution in [3.05, 3.63) is 0 Å². The summed E-state index contributed by atoms with van der Waals surface area (Å²) >= 11 is 0. The second-order valence-electron chi connectivity index (χ2n) is 4.55. The molecule has 0 radical (unpaired) electrons. The van der Waals surface area contributed by atoms with Gasteiger partial charge in [0, 0.05) is 13.6 Å². The lowest BCUT2D eigenvalue weighted by atomic mass is 9.92. The molecule has 0 bridgehead atoms. The fraction of sp³-hybridized carbons (Fsp3) is 0.636. The minimum absolute atomic E-state index is 0.0682. The molecule has 106 valence electrons. The monoisotopic (exact) mass is 268 g/mol. The molecule has 0 unspecified atom stereocenters. The molecule has 4 N–H and O–H groups in total. The third-order valence-electron chi connectivity index (χ3n) is 2.44. The molecule has 0 spiro atoms. The van der Waals surface area contributed by atoms with Crippen LogP contribution in [0.5, 0.6) is 6.01 Å². The fourth-order valence-corrected chi connectivity index (χ4v) is 1.36. The van der Waals surface area contributed by atoms with Gasteiger partial charge in [0.25, 0.3) is 0 Å². The van der Waals surface area contributed by atoms with Gasteiger partial charge in [-0.3, -0.25) is 4.79 Å². The summed E-state index contributed by atoms with van der Waals surface area (Å²) < 4.78 is 5.17. The van der Waals surface area contributed by atoms with Gasteiger partial charge >= 0.3 is 6.01 Å². The highest BCUT2D eigenvalue weighted by Crippen LogP contribution is 2.16. The van der Waals surface area contributed by atoms with E-state index in [-0.39, 0.29) is 23.8 Å². The molecule has 1 heterocycles. The Morgan fingerprint density at radius 2 is 2.05 bits per heavy atom. The summed E-state index contributed by atoms with van der Waals surface area (Å²) in [5.41, 5.74) is 4.96. The van der Waals surface area contributed by atoms with Crippen molar-refractivity contribution in [3.63, 3.8) is 0 Å². The van der Waals surface area contributed by atoms with Crippen molar-refractivity contribution in [3.8, 4) is 6.01 Å². The number of amides is 1. The van der Waals surface area contributed by atoms with Gasteiger partial charge in [0.1, 0.15) is 0 Å². The zero-order valence-corrected chi connectivity index (χ0v) is 11.6. The highest BCUT2D eigenvalue weighted by atomic mass is 16.5. The summed E-state index contributed by atoms with van der Waals surface area (Å²) in [5.74, 6) is 0.277. The topological polar surface area (TPSA) is 115 Å². The summed E-state index contributed by atoms with van der Waals surface area (Å²) in [6.45, 7) is 6.25.